The van der Waals surface area contributed by atoms with Crippen molar-refractivity contribution in [2.24, 2.45) is 4.99 Å². The normalized spacial score (nSPS) is 14.0. The molecule has 0 saturated heterocycles. The molecule has 0 fully saturated rings. The molecule has 0 unspecified atom stereocenters. The molecule has 0 aliphatic carbocycles. The standard InChI is InChI=1S/C20H24N4/c1-21-20(22-15-17-8-3-2-4-9-17)23-16-18-10-7-11-19(14-18)24-12-5-6-13-24/h2-11,14H,12-13,15-16H2,1H3,(H2,21,22,23). The minimum Gasteiger partial charge on any atom is -0.364 e. The zero-order valence-corrected chi connectivity index (χ0v) is 14.1. The van der Waals surface area contributed by atoms with Crippen LogP contribution in [0.1, 0.15) is 11.1 Å². The average Bonchev–Trinajstić information content (AvgIpc) is 3.18. The minimum absolute atomic E-state index is 0.754. The lowest BCUT2D eigenvalue weighted by atomic mass is 10.2. The van der Waals surface area contributed by atoms with Gasteiger partial charge in [0.25, 0.3) is 0 Å². The maximum absolute atomic E-state index is 4.29. The lowest BCUT2D eigenvalue weighted by molar-refractivity contribution is 0.808. The highest BCUT2D eigenvalue weighted by Crippen LogP contribution is 2.18. The van der Waals surface area contributed by atoms with Gasteiger partial charge in [0, 0.05) is 38.9 Å². The van der Waals surface area contributed by atoms with Gasteiger partial charge in [0.05, 0.1) is 0 Å². The van der Waals surface area contributed by atoms with Gasteiger partial charge in [0.15, 0.2) is 5.96 Å². The average molecular weight is 320 g/mol. The van der Waals surface area contributed by atoms with Gasteiger partial charge >= 0.3 is 0 Å². The number of nitrogens with one attached hydrogen (secondary N) is 2. The lowest BCUT2D eigenvalue weighted by Crippen LogP contribution is -2.36. The monoisotopic (exact) mass is 320 g/mol. The summed E-state index contributed by atoms with van der Waals surface area (Å²) >= 11 is 0. The molecule has 3 rings (SSSR count). The van der Waals surface area contributed by atoms with Crippen molar-refractivity contribution in [3.8, 4) is 0 Å². The molecule has 0 radical (unpaired) electrons. The topological polar surface area (TPSA) is 39.7 Å². The Morgan fingerprint density at radius 1 is 0.917 bits per heavy atom. The largest absolute Gasteiger partial charge is 0.364 e. The molecule has 0 bridgehead atoms. The Morgan fingerprint density at radius 2 is 1.58 bits per heavy atom. The number of aliphatic imine (C=N–C) groups is 1. The quantitative estimate of drug-likeness (QED) is 0.505. The Bertz CT molecular complexity index is 699. The number of hydrogen-bond donors (Lipinski definition) is 2. The molecule has 0 aromatic heterocycles. The Morgan fingerprint density at radius 3 is 2.29 bits per heavy atom. The van der Waals surface area contributed by atoms with E-state index in [1.54, 1.807) is 7.05 Å². The first-order chi connectivity index (χ1) is 11.8. The van der Waals surface area contributed by atoms with Crippen LogP contribution in [-0.4, -0.2) is 26.1 Å². The highest BCUT2D eigenvalue weighted by molar-refractivity contribution is 5.79. The molecule has 0 spiro atoms. The minimum atomic E-state index is 0.754. The summed E-state index contributed by atoms with van der Waals surface area (Å²) in [4.78, 5) is 6.65. The summed E-state index contributed by atoms with van der Waals surface area (Å²) in [6.45, 7) is 3.51. The Hall–Kier alpha value is -2.75. The van der Waals surface area contributed by atoms with Crippen LogP contribution < -0.4 is 15.5 Å². The number of benzene rings is 2. The van der Waals surface area contributed by atoms with Crippen molar-refractivity contribution in [3.05, 3.63) is 77.9 Å². The van der Waals surface area contributed by atoms with Gasteiger partial charge in [0.1, 0.15) is 0 Å². The fraction of sp³-hybridized carbons (Fsp3) is 0.250. The Labute approximate surface area is 143 Å². The van der Waals surface area contributed by atoms with E-state index in [-0.39, 0.29) is 0 Å². The van der Waals surface area contributed by atoms with Crippen molar-refractivity contribution >= 4 is 11.6 Å². The molecule has 0 atom stereocenters. The van der Waals surface area contributed by atoms with E-state index in [1.165, 1.54) is 16.8 Å². The summed E-state index contributed by atoms with van der Waals surface area (Å²) in [7, 11) is 1.80. The van der Waals surface area contributed by atoms with E-state index < -0.39 is 0 Å². The van der Waals surface area contributed by atoms with Gasteiger partial charge in [-0.2, -0.15) is 0 Å². The Balaban J connectivity index is 1.53. The second-order valence-corrected chi connectivity index (χ2v) is 5.81. The number of guanidine groups is 1. The van der Waals surface area contributed by atoms with E-state index in [4.69, 9.17) is 0 Å². The maximum atomic E-state index is 4.29. The van der Waals surface area contributed by atoms with Crippen LogP contribution in [0.2, 0.25) is 0 Å². The maximum Gasteiger partial charge on any atom is 0.191 e. The third kappa shape index (κ3) is 4.38. The summed E-state index contributed by atoms with van der Waals surface area (Å²) in [6, 6.07) is 19.0. The van der Waals surface area contributed by atoms with Crippen LogP contribution in [-0.2, 0) is 13.1 Å². The molecule has 2 aromatic rings. The SMILES string of the molecule is CN=C(NCc1ccccc1)NCc1cccc(N2CC=CC2)c1. The number of rotatable bonds is 5. The van der Waals surface area contributed by atoms with Gasteiger partial charge in [-0.25, -0.2) is 0 Å². The van der Waals surface area contributed by atoms with Crippen molar-refractivity contribution < 1.29 is 0 Å². The molecular formula is C20H24N4. The van der Waals surface area contributed by atoms with Crippen molar-refractivity contribution in [1.29, 1.82) is 0 Å². The zero-order chi connectivity index (χ0) is 16.6. The second kappa shape index (κ2) is 8.20. The molecular weight excluding hydrogens is 296 g/mol. The van der Waals surface area contributed by atoms with E-state index in [0.29, 0.717) is 0 Å². The van der Waals surface area contributed by atoms with Gasteiger partial charge in [-0.15, -0.1) is 0 Å². The molecule has 0 saturated carbocycles. The fourth-order valence-corrected chi connectivity index (χ4v) is 2.74. The highest BCUT2D eigenvalue weighted by atomic mass is 15.2. The third-order valence-corrected chi connectivity index (χ3v) is 4.08. The van der Waals surface area contributed by atoms with Crippen LogP contribution in [0, 0.1) is 0 Å². The lowest BCUT2D eigenvalue weighted by Gasteiger charge is -2.19. The summed E-state index contributed by atoms with van der Waals surface area (Å²) in [5.74, 6) is 0.812. The van der Waals surface area contributed by atoms with Crippen LogP contribution in [0.25, 0.3) is 0 Å². The highest BCUT2D eigenvalue weighted by Gasteiger charge is 2.08. The van der Waals surface area contributed by atoms with Crippen molar-refractivity contribution in [2.45, 2.75) is 13.1 Å². The smallest absolute Gasteiger partial charge is 0.191 e. The number of nitrogens with zero attached hydrogens (tertiary/aromatic N) is 2. The van der Waals surface area contributed by atoms with Gasteiger partial charge < -0.3 is 15.5 Å². The van der Waals surface area contributed by atoms with Gasteiger partial charge in [-0.05, 0) is 23.3 Å². The first-order valence-corrected chi connectivity index (χ1v) is 8.32. The zero-order valence-electron chi connectivity index (χ0n) is 14.1. The van der Waals surface area contributed by atoms with E-state index in [2.05, 4.69) is 69.1 Å². The first kappa shape index (κ1) is 16.1. The molecule has 1 aliphatic heterocycles. The molecule has 2 aromatic carbocycles. The summed E-state index contributed by atoms with van der Waals surface area (Å²) in [5.41, 5.74) is 3.76. The molecule has 124 valence electrons. The van der Waals surface area contributed by atoms with Gasteiger partial charge in [0.2, 0.25) is 0 Å². The number of anilines is 1. The van der Waals surface area contributed by atoms with Crippen molar-refractivity contribution in [2.75, 3.05) is 25.0 Å². The fourth-order valence-electron chi connectivity index (χ4n) is 2.74. The summed E-state index contributed by atoms with van der Waals surface area (Å²) < 4.78 is 0. The predicted molar refractivity (Wildman–Crippen MR) is 101 cm³/mol. The van der Waals surface area contributed by atoms with Gasteiger partial charge in [-0.3, -0.25) is 4.99 Å². The van der Waals surface area contributed by atoms with Crippen LogP contribution in [0.4, 0.5) is 5.69 Å². The molecule has 0 amide bonds. The van der Waals surface area contributed by atoms with E-state index >= 15 is 0 Å². The van der Waals surface area contributed by atoms with E-state index in [1.807, 2.05) is 18.2 Å². The summed E-state index contributed by atoms with van der Waals surface area (Å²) in [5, 5.41) is 6.72. The van der Waals surface area contributed by atoms with Crippen LogP contribution in [0.5, 0.6) is 0 Å². The van der Waals surface area contributed by atoms with E-state index in [0.717, 1.165) is 32.1 Å². The van der Waals surface area contributed by atoms with Gasteiger partial charge in [-0.1, -0.05) is 54.6 Å². The number of hydrogen-bond acceptors (Lipinski definition) is 2. The predicted octanol–water partition coefficient (Wildman–Crippen LogP) is 2.93. The second-order valence-electron chi connectivity index (χ2n) is 5.81. The molecule has 4 nitrogen and oxygen atoms in total. The molecule has 2 N–H and O–H groups in total. The van der Waals surface area contributed by atoms with Crippen molar-refractivity contribution in [3.63, 3.8) is 0 Å². The van der Waals surface area contributed by atoms with Crippen LogP contribution in [0.3, 0.4) is 0 Å². The van der Waals surface area contributed by atoms with E-state index in [9.17, 15) is 0 Å². The first-order valence-electron chi connectivity index (χ1n) is 8.32. The molecule has 24 heavy (non-hydrogen) atoms. The Kier molecular flexibility index (Phi) is 5.51. The summed E-state index contributed by atoms with van der Waals surface area (Å²) in [6.07, 6.45) is 4.42. The van der Waals surface area contributed by atoms with Crippen LogP contribution >= 0.6 is 0 Å². The molecule has 4 heteroatoms. The van der Waals surface area contributed by atoms with Crippen LogP contribution in [0.15, 0.2) is 71.7 Å². The molecule has 1 aliphatic rings. The molecule has 1 heterocycles. The van der Waals surface area contributed by atoms with Crippen molar-refractivity contribution in [1.82, 2.24) is 10.6 Å². The third-order valence-electron chi connectivity index (χ3n) is 4.08.